The second kappa shape index (κ2) is 10.7. The molecule has 1 aromatic carbocycles. The molecule has 1 aliphatic rings. The number of benzene rings is 1. The Hall–Kier alpha value is -4.29. The number of carbonyl (C=O) groups is 2. The van der Waals surface area contributed by atoms with Crippen molar-refractivity contribution in [1.82, 2.24) is 0 Å². The second-order valence-electron chi connectivity index (χ2n) is 6.81. The first-order valence-electron chi connectivity index (χ1n) is 9.90. The lowest BCUT2D eigenvalue weighted by Gasteiger charge is -2.09. The Morgan fingerprint density at radius 2 is 2.19 bits per heavy atom. The van der Waals surface area contributed by atoms with Crippen molar-refractivity contribution in [1.29, 1.82) is 0 Å². The summed E-state index contributed by atoms with van der Waals surface area (Å²) in [5.74, 6) is 6.28. The van der Waals surface area contributed by atoms with Gasteiger partial charge in [0.05, 0.1) is 12.2 Å². The van der Waals surface area contributed by atoms with Crippen LogP contribution in [0.15, 0.2) is 64.4 Å². The Bertz CT molecular complexity index is 1270. The number of esters is 2. The first-order chi connectivity index (χ1) is 15.5. The summed E-state index contributed by atoms with van der Waals surface area (Å²) in [6.07, 6.45) is 12.1. The number of hydrogen-bond acceptors (Lipinski definition) is 6. The fraction of sp³-hybridized carbons (Fsp3) is 0.192. The number of aryl methyl sites for hydroxylation is 1. The van der Waals surface area contributed by atoms with Gasteiger partial charge in [-0.1, -0.05) is 42.7 Å². The fourth-order valence-electron chi connectivity index (χ4n) is 3.07. The zero-order valence-electron chi connectivity index (χ0n) is 17.3. The molecule has 0 saturated heterocycles. The van der Waals surface area contributed by atoms with Gasteiger partial charge < -0.3 is 13.9 Å². The third-order valence-electron chi connectivity index (χ3n) is 4.60. The van der Waals surface area contributed by atoms with E-state index in [0.717, 1.165) is 17.0 Å². The molecule has 0 saturated carbocycles. The minimum absolute atomic E-state index is 0.285. The van der Waals surface area contributed by atoms with E-state index in [1.807, 2.05) is 18.1 Å². The van der Waals surface area contributed by atoms with Crippen molar-refractivity contribution in [3.05, 3.63) is 76.7 Å². The Morgan fingerprint density at radius 3 is 2.97 bits per heavy atom. The molecule has 1 aromatic heterocycles. The number of fused-ring (bicyclic) bond motifs is 1. The van der Waals surface area contributed by atoms with Crippen LogP contribution in [0.2, 0.25) is 0 Å². The highest BCUT2D eigenvalue weighted by Crippen LogP contribution is 2.22. The van der Waals surface area contributed by atoms with Gasteiger partial charge >= 0.3 is 17.6 Å². The molecule has 32 heavy (non-hydrogen) atoms. The predicted octanol–water partition coefficient (Wildman–Crippen LogP) is 3.35. The van der Waals surface area contributed by atoms with Crippen molar-refractivity contribution >= 4 is 28.5 Å². The van der Waals surface area contributed by atoms with E-state index in [4.69, 9.17) is 20.3 Å². The number of hydrogen-bond donors (Lipinski definition) is 0. The summed E-state index contributed by atoms with van der Waals surface area (Å²) in [6.45, 7) is 3.64. The molecule has 0 radical (unpaired) electrons. The molecule has 0 amide bonds. The van der Waals surface area contributed by atoms with Crippen molar-refractivity contribution in [2.24, 2.45) is 0 Å². The van der Waals surface area contributed by atoms with E-state index in [1.165, 1.54) is 0 Å². The molecular formula is C26H20O6. The monoisotopic (exact) mass is 428 g/mol. The van der Waals surface area contributed by atoms with E-state index in [2.05, 4.69) is 18.4 Å². The minimum Gasteiger partial charge on any atom is -0.463 e. The first kappa shape index (κ1) is 22.4. The zero-order valence-corrected chi connectivity index (χ0v) is 17.3. The molecule has 0 bridgehead atoms. The van der Waals surface area contributed by atoms with Crippen LogP contribution < -0.4 is 5.63 Å². The molecule has 1 heterocycles. The average Bonchev–Trinajstić information content (AvgIpc) is 2.78. The molecule has 0 aliphatic heterocycles. The van der Waals surface area contributed by atoms with Gasteiger partial charge in [0.25, 0.3) is 0 Å². The summed E-state index contributed by atoms with van der Waals surface area (Å²) in [7, 11) is 0. The largest absolute Gasteiger partial charge is 0.463 e. The van der Waals surface area contributed by atoms with Crippen molar-refractivity contribution in [2.45, 2.75) is 25.4 Å². The highest BCUT2D eigenvalue weighted by atomic mass is 16.5. The van der Waals surface area contributed by atoms with Gasteiger partial charge in [0.2, 0.25) is 0 Å². The summed E-state index contributed by atoms with van der Waals surface area (Å²) in [4.78, 5) is 35.1. The van der Waals surface area contributed by atoms with Crippen molar-refractivity contribution in [2.75, 3.05) is 6.61 Å². The molecule has 1 unspecified atom stereocenters. The quantitative estimate of drug-likeness (QED) is 0.168. The molecule has 1 aliphatic carbocycles. The van der Waals surface area contributed by atoms with Crippen molar-refractivity contribution in [3.8, 4) is 24.2 Å². The maximum Gasteiger partial charge on any atom is 0.385 e. The Morgan fingerprint density at radius 1 is 1.34 bits per heavy atom. The number of ether oxygens (including phenoxy) is 2. The van der Waals surface area contributed by atoms with Gasteiger partial charge in [-0.05, 0) is 42.2 Å². The first-order valence-corrected chi connectivity index (χ1v) is 9.90. The molecule has 160 valence electrons. The van der Waals surface area contributed by atoms with E-state index in [1.54, 1.807) is 30.4 Å². The van der Waals surface area contributed by atoms with E-state index in [9.17, 15) is 14.4 Å². The lowest BCUT2D eigenvalue weighted by Crippen LogP contribution is -2.13. The van der Waals surface area contributed by atoms with E-state index < -0.39 is 23.7 Å². The molecule has 0 spiro atoms. The lowest BCUT2D eigenvalue weighted by molar-refractivity contribution is -0.138. The van der Waals surface area contributed by atoms with Crippen LogP contribution in [0, 0.1) is 24.2 Å². The van der Waals surface area contributed by atoms with Gasteiger partial charge in [-0.3, -0.25) is 0 Å². The summed E-state index contributed by atoms with van der Waals surface area (Å²) in [5.41, 5.74) is 1.93. The lowest BCUT2D eigenvalue weighted by atomic mass is 10.0. The summed E-state index contributed by atoms with van der Waals surface area (Å²) >= 11 is 0. The standard InChI is InChI=1S/C26H20O6/c1-3-24(27)30-15-7-8-18-11-12-20-17-22(26(29)32-23(20)16-18)19-9-5-6-10-21(14-13-19)31-25(28)4-2/h2-3,9,11-14,16-17,21H,1,5,7-8,15H2/b14-13-,19-9+. The highest BCUT2D eigenvalue weighted by Gasteiger charge is 2.12. The van der Waals surface area contributed by atoms with Crippen LogP contribution in [-0.4, -0.2) is 24.6 Å². The molecule has 6 nitrogen and oxygen atoms in total. The SMILES string of the molecule is C#CC(=O)OC1C#CC/C=C(c2cc3ccc(CCCOC(=O)C=C)cc3oc2=O)\C=C/1. The average molecular weight is 428 g/mol. The summed E-state index contributed by atoms with van der Waals surface area (Å²) in [5, 5.41) is 0.763. The van der Waals surface area contributed by atoms with Gasteiger partial charge in [-0.25, -0.2) is 14.4 Å². The van der Waals surface area contributed by atoms with Gasteiger partial charge in [-0.15, -0.1) is 6.42 Å². The van der Waals surface area contributed by atoms with Crippen LogP contribution in [0.5, 0.6) is 0 Å². The number of rotatable bonds is 7. The smallest absolute Gasteiger partial charge is 0.385 e. The van der Waals surface area contributed by atoms with Gasteiger partial charge in [0, 0.05) is 23.8 Å². The fourth-order valence-corrected chi connectivity index (χ4v) is 3.07. The number of terminal acetylenes is 1. The van der Waals surface area contributed by atoms with E-state index in [-0.39, 0.29) is 6.61 Å². The molecular weight excluding hydrogens is 408 g/mol. The van der Waals surface area contributed by atoms with Crippen LogP contribution >= 0.6 is 0 Å². The normalized spacial score (nSPS) is 17.3. The maximum atomic E-state index is 12.7. The third kappa shape index (κ3) is 5.87. The number of carbonyl (C=O) groups excluding carboxylic acids is 2. The molecule has 6 heteroatoms. The van der Waals surface area contributed by atoms with Crippen LogP contribution in [0.25, 0.3) is 16.5 Å². The summed E-state index contributed by atoms with van der Waals surface area (Å²) in [6, 6.07) is 7.37. The third-order valence-corrected chi connectivity index (χ3v) is 4.60. The highest BCUT2D eigenvalue weighted by molar-refractivity contribution is 5.88. The van der Waals surface area contributed by atoms with Crippen LogP contribution in [0.3, 0.4) is 0 Å². The van der Waals surface area contributed by atoms with Gasteiger partial charge in [0.15, 0.2) is 6.10 Å². The molecule has 0 fully saturated rings. The molecule has 3 rings (SSSR count). The second-order valence-corrected chi connectivity index (χ2v) is 6.81. The summed E-state index contributed by atoms with van der Waals surface area (Å²) < 4.78 is 15.6. The maximum absolute atomic E-state index is 12.7. The Labute approximate surface area is 185 Å². The van der Waals surface area contributed by atoms with E-state index >= 15 is 0 Å². The topological polar surface area (TPSA) is 82.8 Å². The predicted molar refractivity (Wildman–Crippen MR) is 120 cm³/mol. The number of allylic oxidation sites excluding steroid dienone is 3. The van der Waals surface area contributed by atoms with Crippen molar-refractivity contribution < 1.29 is 23.5 Å². The van der Waals surface area contributed by atoms with Crippen LogP contribution in [-0.2, 0) is 25.5 Å². The van der Waals surface area contributed by atoms with Crippen LogP contribution in [0.4, 0.5) is 0 Å². The van der Waals surface area contributed by atoms with Gasteiger partial charge in [0.1, 0.15) is 5.58 Å². The Kier molecular flexibility index (Phi) is 7.46. The molecule has 2 aromatic rings. The van der Waals surface area contributed by atoms with Crippen LogP contribution in [0.1, 0.15) is 24.0 Å². The zero-order chi connectivity index (χ0) is 22.9. The molecule has 1 atom stereocenters. The van der Waals surface area contributed by atoms with E-state index in [0.29, 0.717) is 36.0 Å². The Balaban J connectivity index is 1.78. The molecule has 0 N–H and O–H groups in total. The van der Waals surface area contributed by atoms with Crippen molar-refractivity contribution in [3.63, 3.8) is 0 Å². The van der Waals surface area contributed by atoms with Gasteiger partial charge in [-0.2, -0.15) is 0 Å². The minimum atomic E-state index is -0.806.